The SMILES string of the molecule is COCCOCCOCCOCCCCCC(=O)NN. The van der Waals surface area contributed by atoms with Crippen LogP contribution in [0.1, 0.15) is 25.7 Å². The Balaban J connectivity index is 2.97. The molecule has 3 N–H and O–H groups in total. The highest BCUT2D eigenvalue weighted by Gasteiger charge is 1.97. The predicted octanol–water partition coefficient (Wildman–Crippen LogP) is 0.233. The number of rotatable bonds is 15. The van der Waals surface area contributed by atoms with Crippen molar-refractivity contribution in [3.8, 4) is 0 Å². The Hall–Kier alpha value is -0.730. The van der Waals surface area contributed by atoms with Crippen LogP contribution in [-0.2, 0) is 23.7 Å². The van der Waals surface area contributed by atoms with Gasteiger partial charge in [-0.15, -0.1) is 0 Å². The van der Waals surface area contributed by atoms with Crippen LogP contribution >= 0.6 is 0 Å². The summed E-state index contributed by atoms with van der Waals surface area (Å²) >= 11 is 0. The second-order valence-electron chi connectivity index (χ2n) is 4.21. The number of carbonyl (C=O) groups excluding carboxylic acids is 1. The molecule has 0 radical (unpaired) electrons. The van der Waals surface area contributed by atoms with Crippen LogP contribution in [0, 0.1) is 0 Å². The fraction of sp³-hybridized carbons (Fsp3) is 0.923. The quantitative estimate of drug-likeness (QED) is 0.194. The monoisotopic (exact) mass is 292 g/mol. The number of carbonyl (C=O) groups is 1. The number of hydrogen-bond donors (Lipinski definition) is 2. The highest BCUT2D eigenvalue weighted by atomic mass is 16.6. The lowest BCUT2D eigenvalue weighted by molar-refractivity contribution is -0.121. The van der Waals surface area contributed by atoms with E-state index in [4.69, 9.17) is 24.8 Å². The van der Waals surface area contributed by atoms with Gasteiger partial charge in [-0.25, -0.2) is 5.84 Å². The number of nitrogens with one attached hydrogen (secondary N) is 1. The third kappa shape index (κ3) is 15.3. The van der Waals surface area contributed by atoms with Crippen molar-refractivity contribution >= 4 is 5.91 Å². The maximum absolute atomic E-state index is 10.8. The highest BCUT2D eigenvalue weighted by molar-refractivity contribution is 5.74. The molecule has 0 aliphatic rings. The number of methoxy groups -OCH3 is 1. The molecule has 0 rings (SSSR count). The molecule has 0 saturated carbocycles. The van der Waals surface area contributed by atoms with Crippen LogP contribution in [-0.4, -0.2) is 59.3 Å². The van der Waals surface area contributed by atoms with E-state index in [1.807, 2.05) is 0 Å². The summed E-state index contributed by atoms with van der Waals surface area (Å²) in [5.74, 6) is 4.85. The summed E-state index contributed by atoms with van der Waals surface area (Å²) < 4.78 is 20.8. The van der Waals surface area contributed by atoms with E-state index < -0.39 is 0 Å². The molecule has 0 atom stereocenters. The fourth-order valence-electron chi connectivity index (χ4n) is 1.42. The van der Waals surface area contributed by atoms with Gasteiger partial charge in [0.15, 0.2) is 0 Å². The Morgan fingerprint density at radius 2 is 1.40 bits per heavy atom. The molecule has 0 spiro atoms. The van der Waals surface area contributed by atoms with Gasteiger partial charge in [-0.3, -0.25) is 10.2 Å². The average molecular weight is 292 g/mol. The topological polar surface area (TPSA) is 92.0 Å². The third-order valence-electron chi connectivity index (χ3n) is 2.53. The van der Waals surface area contributed by atoms with Gasteiger partial charge in [-0.1, -0.05) is 6.42 Å². The lowest BCUT2D eigenvalue weighted by Crippen LogP contribution is -2.29. The van der Waals surface area contributed by atoms with Crippen LogP contribution in [0.4, 0.5) is 0 Å². The molecule has 0 aromatic rings. The summed E-state index contributed by atoms with van der Waals surface area (Å²) in [6.45, 7) is 4.20. The van der Waals surface area contributed by atoms with Gasteiger partial charge in [0.25, 0.3) is 0 Å². The van der Waals surface area contributed by atoms with Gasteiger partial charge in [0.05, 0.1) is 39.6 Å². The van der Waals surface area contributed by atoms with Crippen molar-refractivity contribution in [3.63, 3.8) is 0 Å². The summed E-state index contributed by atoms with van der Waals surface area (Å²) in [6, 6.07) is 0. The molecule has 20 heavy (non-hydrogen) atoms. The molecular formula is C13H28N2O5. The first-order valence-electron chi connectivity index (χ1n) is 7.03. The van der Waals surface area contributed by atoms with Crippen molar-refractivity contribution in [1.82, 2.24) is 5.43 Å². The van der Waals surface area contributed by atoms with E-state index in [9.17, 15) is 4.79 Å². The number of ether oxygens (including phenoxy) is 4. The molecule has 7 nitrogen and oxygen atoms in total. The average Bonchev–Trinajstić information content (AvgIpc) is 2.47. The van der Waals surface area contributed by atoms with E-state index in [0.717, 1.165) is 19.3 Å². The van der Waals surface area contributed by atoms with E-state index >= 15 is 0 Å². The van der Waals surface area contributed by atoms with Crippen LogP contribution in [0.15, 0.2) is 0 Å². The molecule has 0 aromatic carbocycles. The van der Waals surface area contributed by atoms with Gasteiger partial charge in [-0.2, -0.15) is 0 Å². The zero-order chi connectivity index (χ0) is 14.9. The van der Waals surface area contributed by atoms with Gasteiger partial charge in [0.2, 0.25) is 5.91 Å². The van der Waals surface area contributed by atoms with Crippen LogP contribution < -0.4 is 11.3 Å². The normalized spacial score (nSPS) is 10.7. The summed E-state index contributed by atoms with van der Waals surface area (Å²) in [6.07, 6.45) is 3.21. The summed E-state index contributed by atoms with van der Waals surface area (Å²) in [5, 5.41) is 0. The number of amides is 1. The van der Waals surface area contributed by atoms with E-state index in [-0.39, 0.29) is 5.91 Å². The zero-order valence-corrected chi connectivity index (χ0v) is 12.4. The third-order valence-corrected chi connectivity index (χ3v) is 2.53. The summed E-state index contributed by atoms with van der Waals surface area (Å²) in [7, 11) is 1.64. The van der Waals surface area contributed by atoms with Crippen LogP contribution in [0.2, 0.25) is 0 Å². The van der Waals surface area contributed by atoms with Crippen LogP contribution in [0.5, 0.6) is 0 Å². The number of nitrogens with two attached hydrogens (primary N) is 1. The molecule has 0 aliphatic carbocycles. The van der Waals surface area contributed by atoms with Crippen molar-refractivity contribution in [2.45, 2.75) is 25.7 Å². The number of unbranched alkanes of at least 4 members (excludes halogenated alkanes) is 2. The first-order chi connectivity index (χ1) is 9.81. The largest absolute Gasteiger partial charge is 0.382 e. The Labute approximate surface area is 121 Å². The Kier molecular flexibility index (Phi) is 15.7. The molecule has 0 aliphatic heterocycles. The predicted molar refractivity (Wildman–Crippen MR) is 75.1 cm³/mol. The molecule has 0 fully saturated rings. The van der Waals surface area contributed by atoms with Crippen molar-refractivity contribution in [2.75, 3.05) is 53.4 Å². The van der Waals surface area contributed by atoms with E-state index in [1.54, 1.807) is 7.11 Å². The minimum Gasteiger partial charge on any atom is -0.382 e. The van der Waals surface area contributed by atoms with Crippen LogP contribution in [0.3, 0.4) is 0 Å². The smallest absolute Gasteiger partial charge is 0.233 e. The van der Waals surface area contributed by atoms with Gasteiger partial charge in [-0.05, 0) is 12.8 Å². The minimum atomic E-state index is -0.118. The lowest BCUT2D eigenvalue weighted by atomic mass is 10.2. The lowest BCUT2D eigenvalue weighted by Gasteiger charge is -2.06. The molecule has 0 bridgehead atoms. The molecular weight excluding hydrogens is 264 g/mol. The molecule has 7 heteroatoms. The van der Waals surface area contributed by atoms with Crippen molar-refractivity contribution in [3.05, 3.63) is 0 Å². The van der Waals surface area contributed by atoms with Crippen LogP contribution in [0.25, 0.3) is 0 Å². The van der Waals surface area contributed by atoms with Crippen molar-refractivity contribution < 1.29 is 23.7 Å². The standard InChI is InChI=1S/C13H28N2O5/c1-17-7-8-19-11-12-20-10-9-18-6-4-2-3-5-13(16)15-14/h2-12,14H2,1H3,(H,15,16). The fourth-order valence-corrected chi connectivity index (χ4v) is 1.42. The maximum atomic E-state index is 10.8. The van der Waals surface area contributed by atoms with Gasteiger partial charge < -0.3 is 18.9 Å². The molecule has 0 unspecified atom stereocenters. The molecule has 0 saturated heterocycles. The minimum absolute atomic E-state index is 0.118. The van der Waals surface area contributed by atoms with Crippen molar-refractivity contribution in [1.29, 1.82) is 0 Å². The van der Waals surface area contributed by atoms with Gasteiger partial charge in [0, 0.05) is 20.1 Å². The molecule has 0 heterocycles. The Morgan fingerprint density at radius 1 is 0.850 bits per heavy atom. The molecule has 1 amide bonds. The van der Waals surface area contributed by atoms with E-state index in [2.05, 4.69) is 5.43 Å². The molecule has 120 valence electrons. The molecule has 0 aromatic heterocycles. The van der Waals surface area contributed by atoms with Gasteiger partial charge in [0.1, 0.15) is 0 Å². The number of hydrazine groups is 1. The summed E-state index contributed by atoms with van der Waals surface area (Å²) in [5.41, 5.74) is 2.11. The first kappa shape index (κ1) is 19.3. The van der Waals surface area contributed by atoms with E-state index in [0.29, 0.717) is 52.7 Å². The second-order valence-corrected chi connectivity index (χ2v) is 4.21. The van der Waals surface area contributed by atoms with Gasteiger partial charge >= 0.3 is 0 Å². The summed E-state index contributed by atoms with van der Waals surface area (Å²) in [4.78, 5) is 10.8. The van der Waals surface area contributed by atoms with Crippen molar-refractivity contribution in [2.24, 2.45) is 5.84 Å². The number of hydrogen-bond acceptors (Lipinski definition) is 6. The van der Waals surface area contributed by atoms with E-state index in [1.165, 1.54) is 0 Å². The maximum Gasteiger partial charge on any atom is 0.233 e. The highest BCUT2D eigenvalue weighted by Crippen LogP contribution is 1.99. The Bertz CT molecular complexity index is 217. The first-order valence-corrected chi connectivity index (χ1v) is 7.03. The Morgan fingerprint density at radius 3 is 1.95 bits per heavy atom. The second kappa shape index (κ2) is 16.3. The zero-order valence-electron chi connectivity index (χ0n) is 12.4.